The van der Waals surface area contributed by atoms with Crippen LogP contribution in [0.15, 0.2) is 42.5 Å². The fraction of sp³-hybridized carbons (Fsp3) is 0.333. The summed E-state index contributed by atoms with van der Waals surface area (Å²) in [5.74, 6) is 0.782. The topological polar surface area (TPSA) is 41.5 Å². The zero-order valence-electron chi connectivity index (χ0n) is 13.1. The van der Waals surface area contributed by atoms with Gasteiger partial charge >= 0.3 is 0 Å². The molecule has 0 amide bonds. The Morgan fingerprint density at radius 1 is 1.09 bits per heavy atom. The Hall–Kier alpha value is -1.26. The Bertz CT molecular complexity index is 613. The molecule has 5 heteroatoms. The minimum atomic E-state index is 0.0677. The summed E-state index contributed by atoms with van der Waals surface area (Å²) in [6, 6.07) is 13.2. The van der Waals surface area contributed by atoms with Gasteiger partial charge in [0.25, 0.3) is 0 Å². The highest BCUT2D eigenvalue weighted by Gasteiger charge is 2.09. The van der Waals surface area contributed by atoms with Crippen LogP contribution in [0.25, 0.3) is 0 Å². The van der Waals surface area contributed by atoms with Crippen LogP contribution in [0.1, 0.15) is 24.5 Å². The molecule has 0 unspecified atom stereocenters. The Morgan fingerprint density at radius 2 is 1.78 bits per heavy atom. The van der Waals surface area contributed by atoms with Gasteiger partial charge in [0.2, 0.25) is 0 Å². The molecule has 3 nitrogen and oxygen atoms in total. The van der Waals surface area contributed by atoms with E-state index in [4.69, 9.17) is 27.9 Å². The lowest BCUT2D eigenvalue weighted by Crippen LogP contribution is -2.31. The molecule has 2 aromatic carbocycles. The van der Waals surface area contributed by atoms with Crippen molar-refractivity contribution in [3.63, 3.8) is 0 Å². The van der Waals surface area contributed by atoms with E-state index < -0.39 is 0 Å². The minimum Gasteiger partial charge on any atom is -0.489 e. The Morgan fingerprint density at radius 3 is 2.43 bits per heavy atom. The molecule has 0 fully saturated rings. The summed E-state index contributed by atoms with van der Waals surface area (Å²) < 4.78 is 5.91. The highest BCUT2D eigenvalue weighted by Crippen LogP contribution is 2.24. The van der Waals surface area contributed by atoms with Crippen molar-refractivity contribution < 1.29 is 9.84 Å². The van der Waals surface area contributed by atoms with Gasteiger partial charge in [-0.25, -0.2) is 0 Å². The molecule has 124 valence electrons. The Labute approximate surface area is 147 Å². The molecule has 2 N–H and O–H groups in total. The summed E-state index contributed by atoms with van der Waals surface area (Å²) in [7, 11) is 0. The first kappa shape index (κ1) is 18.1. The van der Waals surface area contributed by atoms with Crippen molar-refractivity contribution in [2.45, 2.75) is 32.5 Å². The molecule has 0 bridgehead atoms. The summed E-state index contributed by atoms with van der Waals surface area (Å²) in [6.07, 6.45) is 0.859. The van der Waals surface area contributed by atoms with E-state index in [1.54, 1.807) is 0 Å². The van der Waals surface area contributed by atoms with Crippen LogP contribution in [0.4, 0.5) is 0 Å². The van der Waals surface area contributed by atoms with Crippen LogP contribution in [-0.4, -0.2) is 17.8 Å². The zero-order chi connectivity index (χ0) is 16.7. The van der Waals surface area contributed by atoms with E-state index >= 15 is 0 Å². The predicted octanol–water partition coefficient (Wildman–Crippen LogP) is 4.43. The summed E-state index contributed by atoms with van der Waals surface area (Å²) in [6.45, 7) is 3.19. The molecule has 0 saturated carbocycles. The second-order valence-electron chi connectivity index (χ2n) is 5.34. The lowest BCUT2D eigenvalue weighted by molar-refractivity contribution is 0.237. The van der Waals surface area contributed by atoms with Crippen molar-refractivity contribution in [2.75, 3.05) is 6.61 Å². The molecular formula is C18H21Cl2NO2. The molecule has 0 aromatic heterocycles. The summed E-state index contributed by atoms with van der Waals surface area (Å²) in [4.78, 5) is 0. The highest BCUT2D eigenvalue weighted by atomic mass is 35.5. The van der Waals surface area contributed by atoms with Gasteiger partial charge in [-0.2, -0.15) is 0 Å². The number of rotatable bonds is 8. The second kappa shape index (κ2) is 9.14. The molecule has 0 aliphatic carbocycles. The van der Waals surface area contributed by atoms with Crippen LogP contribution in [0.2, 0.25) is 10.0 Å². The molecular weight excluding hydrogens is 333 g/mol. The lowest BCUT2D eigenvalue weighted by atomic mass is 10.1. The zero-order valence-corrected chi connectivity index (χ0v) is 14.6. The van der Waals surface area contributed by atoms with Crippen molar-refractivity contribution in [2.24, 2.45) is 0 Å². The van der Waals surface area contributed by atoms with Crippen molar-refractivity contribution >= 4 is 23.2 Å². The maximum Gasteiger partial charge on any atom is 0.124 e. The average molecular weight is 354 g/mol. The van der Waals surface area contributed by atoms with E-state index in [1.165, 1.54) is 0 Å². The Balaban J connectivity index is 2.04. The van der Waals surface area contributed by atoms with E-state index in [0.29, 0.717) is 23.2 Å². The lowest BCUT2D eigenvalue weighted by Gasteiger charge is -2.17. The minimum absolute atomic E-state index is 0.0677. The van der Waals surface area contributed by atoms with Crippen LogP contribution < -0.4 is 10.1 Å². The third-order valence-corrected chi connectivity index (χ3v) is 4.11. The molecule has 0 saturated heterocycles. The number of benzene rings is 2. The van der Waals surface area contributed by atoms with Crippen LogP contribution >= 0.6 is 23.2 Å². The SMILES string of the molecule is CC[C@H](CO)NCc1cc(Cl)ccc1OCc1ccc(Cl)cc1. The van der Waals surface area contributed by atoms with Gasteiger partial charge in [0.15, 0.2) is 0 Å². The molecule has 0 heterocycles. The van der Waals surface area contributed by atoms with Crippen LogP contribution in [-0.2, 0) is 13.2 Å². The van der Waals surface area contributed by atoms with Gasteiger partial charge in [-0.15, -0.1) is 0 Å². The molecule has 0 aliphatic rings. The maximum absolute atomic E-state index is 9.27. The number of ether oxygens (including phenoxy) is 1. The standard InChI is InChI=1S/C18H21Cl2NO2/c1-2-17(11-22)21-10-14-9-16(20)7-8-18(14)23-12-13-3-5-15(19)6-4-13/h3-9,17,21-22H,2,10-12H2,1H3/t17-/m1/s1. The van der Waals surface area contributed by atoms with Gasteiger partial charge < -0.3 is 15.2 Å². The number of hydrogen-bond acceptors (Lipinski definition) is 3. The molecule has 0 spiro atoms. The summed E-state index contributed by atoms with van der Waals surface area (Å²) >= 11 is 12.0. The third kappa shape index (κ3) is 5.70. The van der Waals surface area contributed by atoms with Gasteiger partial charge in [-0.05, 0) is 42.3 Å². The largest absolute Gasteiger partial charge is 0.489 e. The van der Waals surface area contributed by atoms with Crippen LogP contribution in [0.5, 0.6) is 5.75 Å². The van der Waals surface area contributed by atoms with Gasteiger partial charge in [-0.1, -0.05) is 42.3 Å². The van der Waals surface area contributed by atoms with Gasteiger partial charge in [0.05, 0.1) is 6.61 Å². The summed E-state index contributed by atoms with van der Waals surface area (Å²) in [5.41, 5.74) is 2.02. The first-order chi connectivity index (χ1) is 11.1. The number of nitrogens with one attached hydrogen (secondary N) is 1. The summed E-state index contributed by atoms with van der Waals surface area (Å²) in [5, 5.41) is 13.9. The van der Waals surface area contributed by atoms with Crippen molar-refractivity contribution in [1.29, 1.82) is 0 Å². The van der Waals surface area contributed by atoms with E-state index in [9.17, 15) is 5.11 Å². The fourth-order valence-electron chi connectivity index (χ4n) is 2.16. The van der Waals surface area contributed by atoms with E-state index in [0.717, 1.165) is 23.3 Å². The average Bonchev–Trinajstić information content (AvgIpc) is 2.56. The molecule has 2 aromatic rings. The van der Waals surface area contributed by atoms with Crippen molar-refractivity contribution in [3.8, 4) is 5.75 Å². The van der Waals surface area contributed by atoms with E-state index in [1.807, 2.05) is 49.4 Å². The normalized spacial score (nSPS) is 12.2. The molecule has 1 atom stereocenters. The van der Waals surface area contributed by atoms with Crippen molar-refractivity contribution in [3.05, 3.63) is 63.6 Å². The van der Waals surface area contributed by atoms with Gasteiger partial charge in [-0.3, -0.25) is 0 Å². The molecule has 2 rings (SSSR count). The quantitative estimate of drug-likeness (QED) is 0.737. The van der Waals surface area contributed by atoms with Crippen molar-refractivity contribution in [1.82, 2.24) is 5.32 Å². The second-order valence-corrected chi connectivity index (χ2v) is 6.21. The number of hydrogen-bond donors (Lipinski definition) is 2. The molecule has 0 radical (unpaired) electrons. The predicted molar refractivity (Wildman–Crippen MR) is 95.2 cm³/mol. The van der Waals surface area contributed by atoms with Crippen LogP contribution in [0.3, 0.4) is 0 Å². The van der Waals surface area contributed by atoms with E-state index in [2.05, 4.69) is 5.32 Å². The number of halogens is 2. The van der Waals surface area contributed by atoms with E-state index in [-0.39, 0.29) is 12.6 Å². The molecule has 23 heavy (non-hydrogen) atoms. The third-order valence-electron chi connectivity index (χ3n) is 3.62. The fourth-order valence-corrected chi connectivity index (χ4v) is 2.48. The monoisotopic (exact) mass is 353 g/mol. The maximum atomic E-state index is 9.27. The number of aliphatic hydroxyl groups is 1. The smallest absolute Gasteiger partial charge is 0.124 e. The Kier molecular flexibility index (Phi) is 7.18. The first-order valence-corrected chi connectivity index (χ1v) is 8.38. The highest BCUT2D eigenvalue weighted by molar-refractivity contribution is 6.30. The van der Waals surface area contributed by atoms with Gasteiger partial charge in [0, 0.05) is 28.2 Å². The van der Waals surface area contributed by atoms with Gasteiger partial charge in [0.1, 0.15) is 12.4 Å². The van der Waals surface area contributed by atoms with Crippen LogP contribution in [0, 0.1) is 0 Å². The molecule has 0 aliphatic heterocycles. The first-order valence-electron chi connectivity index (χ1n) is 7.62. The number of aliphatic hydroxyl groups excluding tert-OH is 1.